The van der Waals surface area contributed by atoms with Gasteiger partial charge in [0, 0.05) is 24.5 Å². The van der Waals surface area contributed by atoms with Crippen molar-refractivity contribution in [3.63, 3.8) is 0 Å². The van der Waals surface area contributed by atoms with Gasteiger partial charge < -0.3 is 14.8 Å². The topological polar surface area (TPSA) is 60.4 Å². The molecule has 0 aliphatic carbocycles. The molecule has 3 rings (SSSR count). The summed E-state index contributed by atoms with van der Waals surface area (Å²) in [6.07, 6.45) is -0.185. The minimum absolute atomic E-state index is 0.124. The zero-order chi connectivity index (χ0) is 14.8. The molecule has 0 N–H and O–H groups in total. The molecule has 1 aliphatic rings. The van der Waals surface area contributed by atoms with Crippen molar-refractivity contribution in [3.05, 3.63) is 71.3 Å². The molecule has 2 aromatic carbocycles. The fourth-order valence-electron chi connectivity index (χ4n) is 2.79. The molecule has 4 heteroatoms. The largest absolute Gasteiger partial charge is 0.550 e. The molecule has 0 radical (unpaired) electrons. The molecule has 1 aliphatic heterocycles. The lowest BCUT2D eigenvalue weighted by molar-refractivity contribution is -0.306. The predicted octanol–water partition coefficient (Wildman–Crippen LogP) is 1.52. The molecule has 4 nitrogen and oxygen atoms in total. The molecule has 0 aromatic heterocycles. The van der Waals surface area contributed by atoms with Gasteiger partial charge in [0.25, 0.3) is 5.91 Å². The Labute approximate surface area is 122 Å². The van der Waals surface area contributed by atoms with E-state index in [1.54, 1.807) is 17.0 Å². The van der Waals surface area contributed by atoms with Gasteiger partial charge in [0.15, 0.2) is 0 Å². The van der Waals surface area contributed by atoms with Gasteiger partial charge in [-0.15, -0.1) is 0 Å². The van der Waals surface area contributed by atoms with Crippen LogP contribution in [0.2, 0.25) is 0 Å². The smallest absolute Gasteiger partial charge is 0.255 e. The van der Waals surface area contributed by atoms with Gasteiger partial charge in [-0.05, 0) is 17.2 Å². The summed E-state index contributed by atoms with van der Waals surface area (Å²) in [7, 11) is 0. The summed E-state index contributed by atoms with van der Waals surface area (Å²) in [5.74, 6) is -1.27. The molecular weight excluding hydrogens is 266 g/mol. The van der Waals surface area contributed by atoms with Crippen molar-refractivity contribution >= 4 is 11.9 Å². The second-order valence-electron chi connectivity index (χ2n) is 5.10. The van der Waals surface area contributed by atoms with Gasteiger partial charge in [-0.25, -0.2) is 0 Å². The second kappa shape index (κ2) is 5.40. The van der Waals surface area contributed by atoms with Gasteiger partial charge >= 0.3 is 0 Å². The zero-order valence-electron chi connectivity index (χ0n) is 11.4. The Hall–Kier alpha value is -2.62. The second-order valence-corrected chi connectivity index (χ2v) is 5.10. The number of carbonyl (C=O) groups is 2. The molecule has 0 spiro atoms. The molecule has 21 heavy (non-hydrogen) atoms. The highest BCUT2D eigenvalue weighted by molar-refractivity contribution is 5.99. The molecule has 106 valence electrons. The summed E-state index contributed by atoms with van der Waals surface area (Å²) in [5, 5.41) is 11.0. The highest BCUT2D eigenvalue weighted by atomic mass is 16.4. The lowest BCUT2D eigenvalue weighted by atomic mass is 10.0. The SMILES string of the molecule is O=C([O-])CC1c2ccccc2C(=O)N1Cc1ccccc1. The van der Waals surface area contributed by atoms with Gasteiger partial charge in [-0.1, -0.05) is 48.5 Å². The van der Waals surface area contributed by atoms with Gasteiger partial charge in [0.2, 0.25) is 0 Å². The van der Waals surface area contributed by atoms with Crippen LogP contribution in [0.3, 0.4) is 0 Å². The van der Waals surface area contributed by atoms with E-state index in [9.17, 15) is 14.7 Å². The first-order chi connectivity index (χ1) is 10.2. The van der Waals surface area contributed by atoms with E-state index in [1.807, 2.05) is 42.5 Å². The van der Waals surface area contributed by atoms with E-state index >= 15 is 0 Å². The predicted molar refractivity (Wildman–Crippen MR) is 75.1 cm³/mol. The Morgan fingerprint density at radius 1 is 1.05 bits per heavy atom. The molecule has 0 saturated carbocycles. The summed E-state index contributed by atoms with van der Waals surface area (Å²) in [5.41, 5.74) is 2.32. The van der Waals surface area contributed by atoms with Crippen LogP contribution >= 0.6 is 0 Å². The number of hydrogen-bond donors (Lipinski definition) is 0. The molecule has 2 aromatic rings. The van der Waals surface area contributed by atoms with Crippen molar-refractivity contribution in [1.29, 1.82) is 0 Å². The number of carbonyl (C=O) groups excluding carboxylic acids is 2. The molecule has 1 unspecified atom stereocenters. The van der Waals surface area contributed by atoms with Crippen molar-refractivity contribution in [3.8, 4) is 0 Å². The summed E-state index contributed by atoms with van der Waals surface area (Å²) in [6.45, 7) is 0.395. The molecule has 0 bridgehead atoms. The molecule has 1 heterocycles. The van der Waals surface area contributed by atoms with E-state index < -0.39 is 12.0 Å². The number of fused-ring (bicyclic) bond motifs is 1. The zero-order valence-corrected chi connectivity index (χ0v) is 11.4. The Bertz CT molecular complexity index is 681. The van der Waals surface area contributed by atoms with Gasteiger partial charge in [0.05, 0.1) is 6.04 Å². The van der Waals surface area contributed by atoms with Crippen molar-refractivity contribution in [2.24, 2.45) is 0 Å². The van der Waals surface area contributed by atoms with E-state index in [0.29, 0.717) is 12.1 Å². The number of aliphatic carboxylic acids is 1. The third-order valence-electron chi connectivity index (χ3n) is 3.74. The van der Waals surface area contributed by atoms with Crippen LogP contribution in [0.4, 0.5) is 0 Å². The minimum Gasteiger partial charge on any atom is -0.550 e. The fourth-order valence-corrected chi connectivity index (χ4v) is 2.79. The summed E-state index contributed by atoms with van der Waals surface area (Å²) in [4.78, 5) is 25.1. The highest BCUT2D eigenvalue weighted by Crippen LogP contribution is 2.36. The fraction of sp³-hybridized carbons (Fsp3) is 0.176. The molecule has 1 amide bonds. The maximum Gasteiger partial charge on any atom is 0.255 e. The van der Waals surface area contributed by atoms with Crippen molar-refractivity contribution in [1.82, 2.24) is 4.90 Å². The summed E-state index contributed by atoms with van der Waals surface area (Å²) in [6, 6.07) is 16.3. The number of hydrogen-bond acceptors (Lipinski definition) is 3. The number of carboxylic acid groups (broad SMARTS) is 1. The first-order valence-electron chi connectivity index (χ1n) is 6.80. The third-order valence-corrected chi connectivity index (χ3v) is 3.74. The first kappa shape index (κ1) is 13.4. The third kappa shape index (κ3) is 2.52. The van der Waals surface area contributed by atoms with E-state index in [2.05, 4.69) is 0 Å². The Kier molecular flexibility index (Phi) is 3.44. The van der Waals surface area contributed by atoms with Gasteiger partial charge in [-0.2, -0.15) is 0 Å². The van der Waals surface area contributed by atoms with Gasteiger partial charge in [0.1, 0.15) is 0 Å². The number of rotatable bonds is 4. The Balaban J connectivity index is 1.95. The van der Waals surface area contributed by atoms with E-state index in [4.69, 9.17) is 0 Å². The monoisotopic (exact) mass is 280 g/mol. The molecule has 1 atom stereocenters. The number of nitrogens with zero attached hydrogens (tertiary/aromatic N) is 1. The minimum atomic E-state index is -1.15. The number of carboxylic acids is 1. The van der Waals surface area contributed by atoms with Crippen LogP contribution in [0.15, 0.2) is 54.6 Å². The van der Waals surface area contributed by atoms with Crippen LogP contribution in [-0.4, -0.2) is 16.8 Å². The van der Waals surface area contributed by atoms with Crippen LogP contribution in [0, 0.1) is 0 Å². The Morgan fingerprint density at radius 2 is 1.71 bits per heavy atom. The van der Waals surface area contributed by atoms with Crippen LogP contribution in [0.1, 0.15) is 33.9 Å². The van der Waals surface area contributed by atoms with Crippen LogP contribution in [0.5, 0.6) is 0 Å². The Morgan fingerprint density at radius 3 is 2.43 bits per heavy atom. The van der Waals surface area contributed by atoms with Crippen LogP contribution in [-0.2, 0) is 11.3 Å². The van der Waals surface area contributed by atoms with Gasteiger partial charge in [-0.3, -0.25) is 4.79 Å². The standard InChI is InChI=1S/C17H15NO3/c19-16(20)10-15-13-8-4-5-9-14(13)17(21)18(15)11-12-6-2-1-3-7-12/h1-9,15H,10-11H2,(H,19,20)/p-1. The molecule has 0 saturated heterocycles. The number of amides is 1. The van der Waals surface area contributed by atoms with Crippen LogP contribution in [0.25, 0.3) is 0 Å². The van der Waals surface area contributed by atoms with Crippen molar-refractivity contribution < 1.29 is 14.7 Å². The molecule has 0 fully saturated rings. The lowest BCUT2D eigenvalue weighted by Gasteiger charge is -2.26. The van der Waals surface area contributed by atoms with E-state index in [1.165, 1.54) is 0 Å². The maximum atomic E-state index is 12.5. The summed E-state index contributed by atoms with van der Waals surface area (Å²) >= 11 is 0. The normalized spacial score (nSPS) is 16.9. The average molecular weight is 280 g/mol. The van der Waals surface area contributed by atoms with E-state index in [0.717, 1.165) is 11.1 Å². The van der Waals surface area contributed by atoms with Crippen molar-refractivity contribution in [2.75, 3.05) is 0 Å². The summed E-state index contributed by atoms with van der Waals surface area (Å²) < 4.78 is 0. The quantitative estimate of drug-likeness (QED) is 0.853. The molecular formula is C17H14NO3-. The number of benzene rings is 2. The van der Waals surface area contributed by atoms with Crippen molar-refractivity contribution in [2.45, 2.75) is 19.0 Å². The first-order valence-corrected chi connectivity index (χ1v) is 6.80. The lowest BCUT2D eigenvalue weighted by Crippen LogP contribution is -2.33. The highest BCUT2D eigenvalue weighted by Gasteiger charge is 2.36. The van der Waals surface area contributed by atoms with Crippen LogP contribution < -0.4 is 5.11 Å². The van der Waals surface area contributed by atoms with E-state index in [-0.39, 0.29) is 12.3 Å². The maximum absolute atomic E-state index is 12.5. The average Bonchev–Trinajstić information content (AvgIpc) is 2.74.